The van der Waals surface area contributed by atoms with Crippen molar-refractivity contribution in [1.82, 2.24) is 9.78 Å². The standard InChI is InChI=1S/C13H24N2OS/c1-5-11(4)15-7-6-12(14-15)8-13(16)9-17-10(2)3/h6-7,10-11,13,16H,5,8-9H2,1-4H3. The van der Waals surface area contributed by atoms with Gasteiger partial charge in [0.1, 0.15) is 0 Å². The van der Waals surface area contributed by atoms with Crippen LogP contribution in [-0.4, -0.2) is 32.0 Å². The zero-order valence-corrected chi connectivity index (χ0v) is 12.1. The van der Waals surface area contributed by atoms with E-state index in [1.807, 2.05) is 16.9 Å². The van der Waals surface area contributed by atoms with Crippen LogP contribution in [0.1, 0.15) is 45.9 Å². The average molecular weight is 256 g/mol. The summed E-state index contributed by atoms with van der Waals surface area (Å²) in [5, 5.41) is 15.0. The van der Waals surface area contributed by atoms with Gasteiger partial charge in [0.05, 0.1) is 11.8 Å². The highest BCUT2D eigenvalue weighted by atomic mass is 32.2. The minimum Gasteiger partial charge on any atom is -0.392 e. The van der Waals surface area contributed by atoms with Crippen LogP contribution >= 0.6 is 11.8 Å². The van der Waals surface area contributed by atoms with Crippen LogP contribution in [0.25, 0.3) is 0 Å². The Kier molecular flexibility index (Phi) is 6.06. The summed E-state index contributed by atoms with van der Waals surface area (Å²) in [6, 6.07) is 2.45. The molecule has 1 heterocycles. The fraction of sp³-hybridized carbons (Fsp3) is 0.769. The lowest BCUT2D eigenvalue weighted by Gasteiger charge is -2.11. The fourth-order valence-corrected chi connectivity index (χ4v) is 2.25. The lowest BCUT2D eigenvalue weighted by atomic mass is 10.2. The summed E-state index contributed by atoms with van der Waals surface area (Å²) in [6.07, 6.45) is 3.45. The van der Waals surface area contributed by atoms with Gasteiger partial charge in [0.2, 0.25) is 0 Å². The van der Waals surface area contributed by atoms with Crippen molar-refractivity contribution in [3.8, 4) is 0 Å². The molecular weight excluding hydrogens is 232 g/mol. The van der Waals surface area contributed by atoms with Gasteiger partial charge in [-0.3, -0.25) is 4.68 Å². The fourth-order valence-electron chi connectivity index (χ4n) is 1.52. The molecule has 1 aromatic rings. The molecule has 1 aromatic heterocycles. The summed E-state index contributed by atoms with van der Waals surface area (Å²) >= 11 is 1.79. The van der Waals surface area contributed by atoms with E-state index in [0.29, 0.717) is 17.7 Å². The molecule has 0 saturated carbocycles. The first kappa shape index (κ1) is 14.6. The van der Waals surface area contributed by atoms with E-state index >= 15 is 0 Å². The van der Waals surface area contributed by atoms with E-state index < -0.39 is 0 Å². The predicted molar refractivity (Wildman–Crippen MR) is 74.5 cm³/mol. The van der Waals surface area contributed by atoms with Crippen molar-refractivity contribution in [1.29, 1.82) is 0 Å². The smallest absolute Gasteiger partial charge is 0.0686 e. The van der Waals surface area contributed by atoms with Gasteiger partial charge < -0.3 is 5.11 Å². The normalized spacial score (nSPS) is 15.2. The molecule has 2 atom stereocenters. The molecule has 0 aliphatic heterocycles. The molecule has 0 aliphatic carbocycles. The zero-order chi connectivity index (χ0) is 12.8. The molecule has 2 unspecified atom stereocenters. The van der Waals surface area contributed by atoms with E-state index in [-0.39, 0.29) is 6.10 Å². The van der Waals surface area contributed by atoms with Crippen molar-refractivity contribution in [3.63, 3.8) is 0 Å². The quantitative estimate of drug-likeness (QED) is 0.815. The van der Waals surface area contributed by atoms with Crippen LogP contribution in [0.3, 0.4) is 0 Å². The Morgan fingerprint density at radius 2 is 2.12 bits per heavy atom. The lowest BCUT2D eigenvalue weighted by Crippen LogP contribution is -2.15. The second-order valence-corrected chi connectivity index (χ2v) is 6.39. The molecule has 0 amide bonds. The second-order valence-electron chi connectivity index (χ2n) is 4.78. The molecule has 0 spiro atoms. The van der Waals surface area contributed by atoms with Crippen molar-refractivity contribution in [2.24, 2.45) is 0 Å². The molecule has 17 heavy (non-hydrogen) atoms. The molecule has 4 heteroatoms. The number of thioether (sulfide) groups is 1. The highest BCUT2D eigenvalue weighted by Crippen LogP contribution is 2.14. The second kappa shape index (κ2) is 7.07. The van der Waals surface area contributed by atoms with Gasteiger partial charge in [-0.25, -0.2) is 0 Å². The molecular formula is C13H24N2OS. The summed E-state index contributed by atoms with van der Waals surface area (Å²) in [4.78, 5) is 0. The first-order valence-corrected chi connectivity index (χ1v) is 7.41. The van der Waals surface area contributed by atoms with E-state index in [1.54, 1.807) is 11.8 Å². The van der Waals surface area contributed by atoms with Crippen molar-refractivity contribution >= 4 is 11.8 Å². The van der Waals surface area contributed by atoms with Crippen LogP contribution in [0.4, 0.5) is 0 Å². The van der Waals surface area contributed by atoms with E-state index in [0.717, 1.165) is 17.9 Å². The minimum absolute atomic E-state index is 0.289. The van der Waals surface area contributed by atoms with Gasteiger partial charge >= 0.3 is 0 Å². The van der Waals surface area contributed by atoms with Gasteiger partial charge in [-0.2, -0.15) is 16.9 Å². The molecule has 0 saturated heterocycles. The van der Waals surface area contributed by atoms with Crippen molar-refractivity contribution in [3.05, 3.63) is 18.0 Å². The number of aliphatic hydroxyl groups excluding tert-OH is 1. The molecule has 0 aliphatic rings. The highest BCUT2D eigenvalue weighted by molar-refractivity contribution is 7.99. The summed E-state index contributed by atoms with van der Waals surface area (Å²) in [5.41, 5.74) is 0.988. The van der Waals surface area contributed by atoms with Crippen LogP contribution < -0.4 is 0 Å². The predicted octanol–water partition coefficient (Wildman–Crippen LogP) is 2.90. The largest absolute Gasteiger partial charge is 0.392 e. The number of aromatic nitrogens is 2. The van der Waals surface area contributed by atoms with Crippen LogP contribution in [0.5, 0.6) is 0 Å². The Balaban J connectivity index is 2.43. The van der Waals surface area contributed by atoms with E-state index in [1.165, 1.54) is 0 Å². The number of nitrogens with zero attached hydrogens (tertiary/aromatic N) is 2. The summed E-state index contributed by atoms with van der Waals surface area (Å²) in [6.45, 7) is 8.60. The molecule has 0 radical (unpaired) electrons. The van der Waals surface area contributed by atoms with Crippen molar-refractivity contribution in [2.75, 3.05) is 5.75 Å². The third-order valence-electron chi connectivity index (χ3n) is 2.77. The van der Waals surface area contributed by atoms with Gasteiger partial charge in [0, 0.05) is 24.4 Å². The number of rotatable bonds is 7. The third-order valence-corrected chi connectivity index (χ3v) is 4.02. The van der Waals surface area contributed by atoms with Crippen LogP contribution in [-0.2, 0) is 6.42 Å². The van der Waals surface area contributed by atoms with E-state index in [9.17, 15) is 5.11 Å². The van der Waals surface area contributed by atoms with Gasteiger partial charge in [0.25, 0.3) is 0 Å². The van der Waals surface area contributed by atoms with Gasteiger partial charge in [-0.15, -0.1) is 0 Å². The Hall–Kier alpha value is -0.480. The molecule has 3 nitrogen and oxygen atoms in total. The summed E-state index contributed by atoms with van der Waals surface area (Å²) < 4.78 is 1.98. The van der Waals surface area contributed by atoms with Crippen LogP contribution in [0, 0.1) is 0 Å². The van der Waals surface area contributed by atoms with Crippen LogP contribution in [0.2, 0.25) is 0 Å². The maximum absolute atomic E-state index is 9.89. The average Bonchev–Trinajstić information content (AvgIpc) is 2.73. The lowest BCUT2D eigenvalue weighted by molar-refractivity contribution is 0.198. The molecule has 0 fully saturated rings. The van der Waals surface area contributed by atoms with E-state index in [2.05, 4.69) is 32.8 Å². The molecule has 1 rings (SSSR count). The topological polar surface area (TPSA) is 38.0 Å². The molecule has 0 aromatic carbocycles. The van der Waals surface area contributed by atoms with Crippen molar-refractivity contribution in [2.45, 2.75) is 57.9 Å². The van der Waals surface area contributed by atoms with Gasteiger partial charge in [-0.1, -0.05) is 20.8 Å². The molecule has 1 N–H and O–H groups in total. The summed E-state index contributed by atoms with van der Waals surface area (Å²) in [7, 11) is 0. The Bertz CT molecular complexity index is 325. The zero-order valence-electron chi connectivity index (χ0n) is 11.3. The monoisotopic (exact) mass is 256 g/mol. The maximum atomic E-state index is 9.89. The Labute approximate surface area is 109 Å². The number of hydrogen-bond donors (Lipinski definition) is 1. The van der Waals surface area contributed by atoms with E-state index in [4.69, 9.17) is 0 Å². The molecule has 98 valence electrons. The van der Waals surface area contributed by atoms with Gasteiger partial charge in [0.15, 0.2) is 0 Å². The highest BCUT2D eigenvalue weighted by Gasteiger charge is 2.10. The van der Waals surface area contributed by atoms with Crippen molar-refractivity contribution < 1.29 is 5.11 Å². The minimum atomic E-state index is -0.289. The Morgan fingerprint density at radius 1 is 1.41 bits per heavy atom. The summed E-state index contributed by atoms with van der Waals surface area (Å²) in [5.74, 6) is 0.786. The number of aliphatic hydroxyl groups is 1. The Morgan fingerprint density at radius 3 is 2.71 bits per heavy atom. The number of hydrogen-bond acceptors (Lipinski definition) is 3. The third kappa shape index (κ3) is 5.13. The first-order valence-electron chi connectivity index (χ1n) is 6.36. The first-order chi connectivity index (χ1) is 8.02. The maximum Gasteiger partial charge on any atom is 0.0686 e. The molecule has 0 bridgehead atoms. The van der Waals surface area contributed by atoms with Gasteiger partial charge in [-0.05, 0) is 24.7 Å². The SMILES string of the molecule is CCC(C)n1ccc(CC(O)CSC(C)C)n1. The van der Waals surface area contributed by atoms with Crippen LogP contribution in [0.15, 0.2) is 12.3 Å².